The number of likely N-dealkylation sites (tertiary alicyclic amines) is 1. The van der Waals surface area contributed by atoms with E-state index in [1.807, 2.05) is 0 Å². The molecule has 2 aliphatic rings. The second kappa shape index (κ2) is 5.03. The maximum atomic E-state index is 6.10. The van der Waals surface area contributed by atoms with Crippen LogP contribution in [0.5, 0.6) is 0 Å². The van der Waals surface area contributed by atoms with Crippen LogP contribution in [-0.4, -0.2) is 61.8 Å². The molecule has 2 aliphatic heterocycles. The molecule has 0 aliphatic carbocycles. The molecule has 94 valence electrons. The molecule has 0 radical (unpaired) electrons. The van der Waals surface area contributed by atoms with E-state index in [9.17, 15) is 0 Å². The van der Waals surface area contributed by atoms with Crippen LogP contribution in [0, 0.1) is 5.92 Å². The Morgan fingerprint density at radius 1 is 1.19 bits per heavy atom. The van der Waals surface area contributed by atoms with E-state index in [0.29, 0.717) is 0 Å². The summed E-state index contributed by atoms with van der Waals surface area (Å²) in [5.41, 5.74) is 0.180. The molecule has 16 heavy (non-hydrogen) atoms. The molecular weight excluding hydrogens is 200 g/mol. The lowest BCUT2D eigenvalue weighted by Gasteiger charge is -2.47. The van der Waals surface area contributed by atoms with E-state index in [0.717, 1.165) is 25.6 Å². The normalized spacial score (nSPS) is 27.8. The summed E-state index contributed by atoms with van der Waals surface area (Å²) in [7, 11) is 2.21. The van der Waals surface area contributed by atoms with Gasteiger partial charge in [-0.25, -0.2) is 0 Å². The molecule has 0 aromatic carbocycles. The monoisotopic (exact) mass is 226 g/mol. The lowest BCUT2D eigenvalue weighted by molar-refractivity contribution is -0.135. The minimum Gasteiger partial charge on any atom is -0.372 e. The van der Waals surface area contributed by atoms with Crippen molar-refractivity contribution in [3.05, 3.63) is 0 Å². The fraction of sp³-hybridized carbons (Fsp3) is 1.00. The molecule has 0 unspecified atom stereocenters. The summed E-state index contributed by atoms with van der Waals surface area (Å²) in [6.45, 7) is 11.4. The molecule has 0 atom stereocenters. The maximum Gasteiger partial charge on any atom is 0.0833 e. The third-order valence-electron chi connectivity index (χ3n) is 3.85. The number of rotatable bonds is 2. The van der Waals surface area contributed by atoms with Crippen molar-refractivity contribution >= 4 is 0 Å². The zero-order chi connectivity index (χ0) is 11.6. The molecule has 2 rings (SSSR count). The minimum atomic E-state index is 0.180. The van der Waals surface area contributed by atoms with E-state index in [4.69, 9.17) is 4.74 Å². The average molecular weight is 226 g/mol. The summed E-state index contributed by atoms with van der Waals surface area (Å²) in [5, 5.41) is 0. The molecule has 3 heteroatoms. The van der Waals surface area contributed by atoms with Crippen molar-refractivity contribution < 1.29 is 4.74 Å². The van der Waals surface area contributed by atoms with Crippen LogP contribution in [0.2, 0.25) is 0 Å². The van der Waals surface area contributed by atoms with Crippen molar-refractivity contribution in [2.45, 2.75) is 32.3 Å². The topological polar surface area (TPSA) is 15.7 Å². The highest BCUT2D eigenvalue weighted by atomic mass is 16.5. The predicted octanol–water partition coefficient (Wildman–Crippen LogP) is 1.44. The Balaban J connectivity index is 1.90. The van der Waals surface area contributed by atoms with Gasteiger partial charge >= 0.3 is 0 Å². The van der Waals surface area contributed by atoms with Gasteiger partial charge in [-0.15, -0.1) is 0 Å². The largest absolute Gasteiger partial charge is 0.372 e. The van der Waals surface area contributed by atoms with Crippen LogP contribution in [-0.2, 0) is 4.74 Å². The van der Waals surface area contributed by atoms with E-state index in [1.165, 1.54) is 32.5 Å². The minimum absolute atomic E-state index is 0.180. The highest BCUT2D eigenvalue weighted by Gasteiger charge is 2.38. The quantitative estimate of drug-likeness (QED) is 0.708. The van der Waals surface area contributed by atoms with Crippen molar-refractivity contribution in [1.29, 1.82) is 0 Å². The molecule has 2 saturated heterocycles. The van der Waals surface area contributed by atoms with E-state index >= 15 is 0 Å². The van der Waals surface area contributed by atoms with Gasteiger partial charge in [0.05, 0.1) is 12.2 Å². The van der Waals surface area contributed by atoms with E-state index < -0.39 is 0 Å². The number of nitrogens with zero attached hydrogens (tertiary/aromatic N) is 2. The van der Waals surface area contributed by atoms with Crippen molar-refractivity contribution in [3.63, 3.8) is 0 Å². The van der Waals surface area contributed by atoms with Crippen LogP contribution in [0.1, 0.15) is 26.7 Å². The Morgan fingerprint density at radius 3 is 2.50 bits per heavy atom. The molecule has 2 fully saturated rings. The summed E-state index contributed by atoms with van der Waals surface area (Å²) < 4.78 is 6.10. The Labute approximate surface area is 99.7 Å². The maximum absolute atomic E-state index is 6.10. The lowest BCUT2D eigenvalue weighted by Crippen LogP contribution is -2.56. The van der Waals surface area contributed by atoms with Gasteiger partial charge in [-0.05, 0) is 25.8 Å². The fourth-order valence-electron chi connectivity index (χ4n) is 2.92. The molecule has 2 heterocycles. The summed E-state index contributed by atoms with van der Waals surface area (Å²) in [6, 6.07) is 0. The van der Waals surface area contributed by atoms with Crippen molar-refractivity contribution in [1.82, 2.24) is 9.80 Å². The highest BCUT2D eigenvalue weighted by molar-refractivity contribution is 4.92. The number of hydrogen-bond acceptors (Lipinski definition) is 3. The SMILES string of the molecule is CC(C)CN1CCOC2(CCN(C)CC2)C1. The van der Waals surface area contributed by atoms with Gasteiger partial charge in [0.2, 0.25) is 0 Å². The van der Waals surface area contributed by atoms with Crippen LogP contribution in [0.15, 0.2) is 0 Å². The van der Waals surface area contributed by atoms with Crippen LogP contribution >= 0.6 is 0 Å². The summed E-state index contributed by atoms with van der Waals surface area (Å²) in [4.78, 5) is 5.01. The van der Waals surface area contributed by atoms with E-state index in [2.05, 4.69) is 30.7 Å². The Morgan fingerprint density at radius 2 is 1.88 bits per heavy atom. The van der Waals surface area contributed by atoms with Crippen molar-refractivity contribution in [3.8, 4) is 0 Å². The van der Waals surface area contributed by atoms with Gasteiger partial charge in [0.25, 0.3) is 0 Å². The zero-order valence-electron chi connectivity index (χ0n) is 11.0. The second-order valence-electron chi connectivity index (χ2n) is 5.96. The highest BCUT2D eigenvalue weighted by Crippen LogP contribution is 2.29. The Bertz CT molecular complexity index is 222. The molecule has 0 saturated carbocycles. The second-order valence-corrected chi connectivity index (χ2v) is 5.96. The standard InChI is InChI=1S/C13H26N2O/c1-12(2)10-15-8-9-16-13(11-15)4-6-14(3)7-5-13/h12H,4-11H2,1-3H3. The van der Waals surface area contributed by atoms with Gasteiger partial charge in [-0.3, -0.25) is 4.90 Å². The summed E-state index contributed by atoms with van der Waals surface area (Å²) >= 11 is 0. The first-order chi connectivity index (χ1) is 7.60. The Kier molecular flexibility index (Phi) is 3.88. The van der Waals surface area contributed by atoms with E-state index in [1.54, 1.807) is 0 Å². The van der Waals surface area contributed by atoms with Gasteiger partial charge < -0.3 is 9.64 Å². The molecule has 0 aromatic rings. The molecule has 0 aromatic heterocycles. The summed E-state index contributed by atoms with van der Waals surface area (Å²) in [5.74, 6) is 0.765. The molecule has 0 amide bonds. The number of ether oxygens (including phenoxy) is 1. The van der Waals surface area contributed by atoms with Crippen molar-refractivity contribution in [2.75, 3.05) is 46.4 Å². The van der Waals surface area contributed by atoms with Crippen LogP contribution < -0.4 is 0 Å². The number of morpholine rings is 1. The van der Waals surface area contributed by atoms with Gasteiger partial charge in [0.1, 0.15) is 0 Å². The molecule has 0 bridgehead atoms. The molecule has 0 N–H and O–H groups in total. The lowest BCUT2D eigenvalue weighted by atomic mass is 9.89. The third-order valence-corrected chi connectivity index (χ3v) is 3.85. The third kappa shape index (κ3) is 2.96. The molecule has 1 spiro atoms. The first kappa shape index (κ1) is 12.3. The van der Waals surface area contributed by atoms with Crippen molar-refractivity contribution in [2.24, 2.45) is 5.92 Å². The number of piperidine rings is 1. The first-order valence-electron chi connectivity index (χ1n) is 6.64. The van der Waals surface area contributed by atoms with Crippen LogP contribution in [0.3, 0.4) is 0 Å². The van der Waals surface area contributed by atoms with E-state index in [-0.39, 0.29) is 5.60 Å². The summed E-state index contributed by atoms with van der Waals surface area (Å²) in [6.07, 6.45) is 2.41. The predicted molar refractivity (Wildman–Crippen MR) is 66.7 cm³/mol. The van der Waals surface area contributed by atoms with Gasteiger partial charge in [-0.1, -0.05) is 13.8 Å². The smallest absolute Gasteiger partial charge is 0.0833 e. The van der Waals surface area contributed by atoms with Crippen LogP contribution in [0.4, 0.5) is 0 Å². The molecule has 3 nitrogen and oxygen atoms in total. The van der Waals surface area contributed by atoms with Gasteiger partial charge in [0, 0.05) is 32.7 Å². The number of hydrogen-bond donors (Lipinski definition) is 0. The Hall–Kier alpha value is -0.120. The van der Waals surface area contributed by atoms with Gasteiger partial charge in [-0.2, -0.15) is 0 Å². The van der Waals surface area contributed by atoms with Crippen LogP contribution in [0.25, 0.3) is 0 Å². The fourth-order valence-corrected chi connectivity index (χ4v) is 2.92. The molecular formula is C13H26N2O. The van der Waals surface area contributed by atoms with Gasteiger partial charge in [0.15, 0.2) is 0 Å². The average Bonchev–Trinajstić information content (AvgIpc) is 2.22. The zero-order valence-corrected chi connectivity index (χ0v) is 11.0. The first-order valence-corrected chi connectivity index (χ1v) is 6.64.